The molecule has 0 atom stereocenters. The number of pyridine rings is 2. The maximum atomic E-state index is 5.86. The summed E-state index contributed by atoms with van der Waals surface area (Å²) in [5, 5.41) is 7.52. The number of aryl methyl sites for hydroxylation is 2. The second-order valence-corrected chi connectivity index (χ2v) is 6.77. The van der Waals surface area contributed by atoms with Crippen LogP contribution in [0.15, 0.2) is 41.3 Å². The molecule has 0 aromatic carbocycles. The lowest BCUT2D eigenvalue weighted by molar-refractivity contribution is 0.267. The molecule has 0 unspecified atom stereocenters. The second kappa shape index (κ2) is 7.75. The molecule has 7 nitrogen and oxygen atoms in total. The topological polar surface area (TPSA) is 76.3 Å². The van der Waals surface area contributed by atoms with E-state index in [2.05, 4.69) is 25.3 Å². The third-order valence-electron chi connectivity index (χ3n) is 4.77. The van der Waals surface area contributed by atoms with E-state index in [0.717, 1.165) is 48.9 Å². The van der Waals surface area contributed by atoms with Gasteiger partial charge in [-0.3, -0.25) is 9.88 Å². The van der Waals surface area contributed by atoms with Crippen LogP contribution < -0.4 is 10.1 Å². The maximum Gasteiger partial charge on any atom is 0.213 e. The molecule has 0 spiro atoms. The van der Waals surface area contributed by atoms with Gasteiger partial charge < -0.3 is 14.6 Å². The van der Waals surface area contributed by atoms with Gasteiger partial charge in [0, 0.05) is 55.8 Å². The van der Waals surface area contributed by atoms with Crippen molar-refractivity contribution in [3.8, 4) is 5.88 Å². The predicted molar refractivity (Wildman–Crippen MR) is 101 cm³/mol. The summed E-state index contributed by atoms with van der Waals surface area (Å²) in [5.74, 6) is 1.51. The average molecular weight is 365 g/mol. The van der Waals surface area contributed by atoms with Crippen LogP contribution in [0.2, 0.25) is 0 Å². The molecule has 0 amide bonds. The molecular weight excluding hydrogens is 342 g/mol. The SMILES string of the molecule is Cc1noc(C)c1CN1CCNc2cnc(OCc3cccnc3)cc2C1. The van der Waals surface area contributed by atoms with Gasteiger partial charge in [0.15, 0.2) is 0 Å². The smallest absolute Gasteiger partial charge is 0.213 e. The van der Waals surface area contributed by atoms with E-state index >= 15 is 0 Å². The van der Waals surface area contributed by atoms with Gasteiger partial charge >= 0.3 is 0 Å². The van der Waals surface area contributed by atoms with E-state index in [1.807, 2.05) is 38.2 Å². The Labute approximate surface area is 158 Å². The Morgan fingerprint density at radius 1 is 1.30 bits per heavy atom. The van der Waals surface area contributed by atoms with Crippen molar-refractivity contribution < 1.29 is 9.26 Å². The van der Waals surface area contributed by atoms with Crippen molar-refractivity contribution >= 4 is 5.69 Å². The number of anilines is 1. The van der Waals surface area contributed by atoms with Gasteiger partial charge in [0.05, 0.1) is 17.6 Å². The quantitative estimate of drug-likeness (QED) is 0.744. The minimum atomic E-state index is 0.454. The molecule has 0 aliphatic carbocycles. The molecule has 140 valence electrons. The van der Waals surface area contributed by atoms with Gasteiger partial charge in [0.1, 0.15) is 12.4 Å². The molecule has 4 rings (SSSR count). The number of nitrogens with zero attached hydrogens (tertiary/aromatic N) is 4. The fourth-order valence-electron chi connectivity index (χ4n) is 3.24. The summed E-state index contributed by atoms with van der Waals surface area (Å²) >= 11 is 0. The highest BCUT2D eigenvalue weighted by Crippen LogP contribution is 2.25. The molecule has 1 aliphatic heterocycles. The third kappa shape index (κ3) is 4.09. The lowest BCUT2D eigenvalue weighted by Crippen LogP contribution is -2.26. The molecular formula is C20H23N5O2. The highest BCUT2D eigenvalue weighted by atomic mass is 16.5. The zero-order valence-corrected chi connectivity index (χ0v) is 15.6. The summed E-state index contributed by atoms with van der Waals surface area (Å²) in [6, 6.07) is 5.91. The number of aromatic nitrogens is 3. The fourth-order valence-corrected chi connectivity index (χ4v) is 3.24. The first-order valence-electron chi connectivity index (χ1n) is 9.07. The molecule has 0 fully saturated rings. The number of nitrogens with one attached hydrogen (secondary N) is 1. The van der Waals surface area contributed by atoms with Crippen LogP contribution in [0.1, 0.15) is 28.1 Å². The van der Waals surface area contributed by atoms with Gasteiger partial charge in [0.2, 0.25) is 5.88 Å². The predicted octanol–water partition coefficient (Wildman–Crippen LogP) is 3.09. The van der Waals surface area contributed by atoms with E-state index in [4.69, 9.17) is 9.26 Å². The number of hydrogen-bond acceptors (Lipinski definition) is 7. The number of rotatable bonds is 5. The first kappa shape index (κ1) is 17.5. The first-order chi connectivity index (χ1) is 13.2. The summed E-state index contributed by atoms with van der Waals surface area (Å²) < 4.78 is 11.2. The average Bonchev–Trinajstić information content (AvgIpc) is 2.89. The van der Waals surface area contributed by atoms with Gasteiger partial charge in [-0.2, -0.15) is 0 Å². The van der Waals surface area contributed by atoms with Crippen LogP contribution in [0.3, 0.4) is 0 Å². The van der Waals surface area contributed by atoms with E-state index in [9.17, 15) is 0 Å². The zero-order valence-electron chi connectivity index (χ0n) is 15.6. The van der Waals surface area contributed by atoms with Crippen molar-refractivity contribution in [1.29, 1.82) is 0 Å². The van der Waals surface area contributed by atoms with Crippen LogP contribution in [-0.2, 0) is 19.7 Å². The Morgan fingerprint density at radius 3 is 3.00 bits per heavy atom. The van der Waals surface area contributed by atoms with Gasteiger partial charge in [0.25, 0.3) is 0 Å². The molecule has 27 heavy (non-hydrogen) atoms. The molecule has 7 heteroatoms. The summed E-state index contributed by atoms with van der Waals surface area (Å²) in [4.78, 5) is 10.9. The Bertz CT molecular complexity index is 890. The Kier molecular flexibility index (Phi) is 5.02. The summed E-state index contributed by atoms with van der Waals surface area (Å²) in [6.45, 7) is 7.85. The Balaban J connectivity index is 1.47. The summed E-state index contributed by atoms with van der Waals surface area (Å²) in [7, 11) is 0. The molecule has 1 N–H and O–H groups in total. The third-order valence-corrected chi connectivity index (χ3v) is 4.77. The van der Waals surface area contributed by atoms with E-state index in [1.54, 1.807) is 12.4 Å². The molecule has 3 aromatic rings. The second-order valence-electron chi connectivity index (χ2n) is 6.77. The van der Waals surface area contributed by atoms with E-state index in [1.165, 1.54) is 11.1 Å². The standard InChI is InChI=1S/C20H23N5O2/c1-14-18(15(2)27-24-14)12-25-7-6-22-19-10-23-20(8-17(19)11-25)26-13-16-4-3-5-21-9-16/h3-5,8-10,22H,6-7,11-13H2,1-2H3. The van der Waals surface area contributed by atoms with Crippen LogP contribution in [0.4, 0.5) is 5.69 Å². The van der Waals surface area contributed by atoms with Crippen LogP contribution in [0, 0.1) is 13.8 Å². The number of hydrogen-bond donors (Lipinski definition) is 1. The monoisotopic (exact) mass is 365 g/mol. The lowest BCUT2D eigenvalue weighted by atomic mass is 10.1. The summed E-state index contributed by atoms with van der Waals surface area (Å²) in [6.07, 6.45) is 5.41. The summed E-state index contributed by atoms with van der Waals surface area (Å²) in [5.41, 5.74) is 5.38. The van der Waals surface area contributed by atoms with Crippen molar-refractivity contribution in [2.45, 2.75) is 33.5 Å². The minimum absolute atomic E-state index is 0.454. The molecule has 0 bridgehead atoms. The van der Waals surface area contributed by atoms with Crippen LogP contribution >= 0.6 is 0 Å². The van der Waals surface area contributed by atoms with Crippen LogP contribution in [0.5, 0.6) is 5.88 Å². The van der Waals surface area contributed by atoms with E-state index in [0.29, 0.717) is 12.5 Å². The fraction of sp³-hybridized carbons (Fsp3) is 0.350. The maximum absolute atomic E-state index is 5.86. The van der Waals surface area contributed by atoms with Crippen molar-refractivity contribution in [2.24, 2.45) is 0 Å². The van der Waals surface area contributed by atoms with Gasteiger partial charge in [-0.25, -0.2) is 4.98 Å². The van der Waals surface area contributed by atoms with Gasteiger partial charge in [-0.15, -0.1) is 0 Å². The lowest BCUT2D eigenvalue weighted by Gasteiger charge is -2.19. The Morgan fingerprint density at radius 2 is 2.22 bits per heavy atom. The van der Waals surface area contributed by atoms with Gasteiger partial charge in [-0.05, 0) is 25.5 Å². The van der Waals surface area contributed by atoms with Crippen LogP contribution in [0.25, 0.3) is 0 Å². The van der Waals surface area contributed by atoms with Crippen molar-refractivity contribution in [3.63, 3.8) is 0 Å². The molecule has 0 saturated carbocycles. The Hall–Kier alpha value is -2.93. The van der Waals surface area contributed by atoms with Crippen molar-refractivity contribution in [1.82, 2.24) is 20.0 Å². The van der Waals surface area contributed by atoms with Crippen molar-refractivity contribution in [2.75, 3.05) is 18.4 Å². The zero-order chi connectivity index (χ0) is 18.6. The molecule has 4 heterocycles. The molecule has 1 aliphatic rings. The molecule has 3 aromatic heterocycles. The van der Waals surface area contributed by atoms with Gasteiger partial charge in [-0.1, -0.05) is 11.2 Å². The number of fused-ring (bicyclic) bond motifs is 1. The molecule has 0 saturated heterocycles. The highest BCUT2D eigenvalue weighted by Gasteiger charge is 2.19. The largest absolute Gasteiger partial charge is 0.473 e. The van der Waals surface area contributed by atoms with E-state index in [-0.39, 0.29) is 0 Å². The van der Waals surface area contributed by atoms with E-state index < -0.39 is 0 Å². The first-order valence-corrected chi connectivity index (χ1v) is 9.07. The number of ether oxygens (including phenoxy) is 1. The van der Waals surface area contributed by atoms with Crippen LogP contribution in [-0.4, -0.2) is 33.1 Å². The minimum Gasteiger partial charge on any atom is -0.473 e. The highest BCUT2D eigenvalue weighted by molar-refractivity contribution is 5.51. The molecule has 0 radical (unpaired) electrons. The van der Waals surface area contributed by atoms with Crippen molar-refractivity contribution in [3.05, 3.63) is 64.9 Å². The normalized spacial score (nSPS) is 14.3.